The molecule has 13 rings (SSSR count). The maximum absolute atomic E-state index is 2.45. The fourth-order valence-corrected chi connectivity index (χ4v) is 11.6. The first-order valence-corrected chi connectivity index (χ1v) is 27.4. The average Bonchev–Trinajstić information content (AvgIpc) is 3.68. The van der Waals surface area contributed by atoms with Crippen molar-refractivity contribution < 1.29 is 0 Å². The molecule has 13 aromatic carbocycles. The highest BCUT2D eigenvalue weighted by atomic mass is 15.1. The van der Waals surface area contributed by atoms with Gasteiger partial charge in [-0.2, -0.15) is 0 Å². The van der Waals surface area contributed by atoms with Crippen LogP contribution in [0.2, 0.25) is 0 Å². The third-order valence-electron chi connectivity index (χ3n) is 15.8. The van der Waals surface area contributed by atoms with Crippen molar-refractivity contribution in [3.63, 3.8) is 0 Å². The highest BCUT2D eigenvalue weighted by Crippen LogP contribution is 2.49. The van der Waals surface area contributed by atoms with Gasteiger partial charge in [-0.3, -0.25) is 0 Å². The average molecular weight is 1000 g/mol. The van der Waals surface area contributed by atoms with Gasteiger partial charge in [0.25, 0.3) is 0 Å². The Balaban J connectivity index is 1.10. The number of anilines is 6. The van der Waals surface area contributed by atoms with Crippen molar-refractivity contribution in [2.45, 2.75) is 39.5 Å². The molecule has 0 bridgehead atoms. The van der Waals surface area contributed by atoms with Crippen LogP contribution in [-0.4, -0.2) is 0 Å². The van der Waals surface area contributed by atoms with E-state index in [4.69, 9.17) is 0 Å². The summed E-state index contributed by atoms with van der Waals surface area (Å²) >= 11 is 0. The largest absolute Gasteiger partial charge is 0.310 e. The predicted octanol–water partition coefficient (Wildman–Crippen LogP) is 22.2. The third-order valence-corrected chi connectivity index (χ3v) is 15.8. The lowest BCUT2D eigenvalue weighted by atomic mass is 9.84. The molecule has 2 heteroatoms. The molecule has 0 aliphatic heterocycles. The Morgan fingerprint density at radius 2 is 0.513 bits per heavy atom. The zero-order chi connectivity index (χ0) is 52.7. The molecule has 0 amide bonds. The SMILES string of the molecule is CC(C)c1ccc(N(c2ccc3ccccc3c2)c2ccc3c(-c4ccc(-c5ccccc5)cc4)c4cc(N(c5ccc(C(C)C)cc5)c5ccc6ccccc6c5)ccc4c(-c4ccc(-c5ccccc5)cc4)c3c2)cc1. The predicted molar refractivity (Wildman–Crippen MR) is 336 cm³/mol. The van der Waals surface area contributed by atoms with Crippen LogP contribution in [-0.2, 0) is 0 Å². The van der Waals surface area contributed by atoms with Gasteiger partial charge in [0.2, 0.25) is 0 Å². The first-order chi connectivity index (χ1) is 38.3. The maximum Gasteiger partial charge on any atom is 0.0468 e. The third kappa shape index (κ3) is 9.16. The lowest BCUT2D eigenvalue weighted by Gasteiger charge is -2.29. The fraction of sp³-hybridized carbons (Fsp3) is 0.0789. The Hall–Kier alpha value is -9.50. The molecule has 0 unspecified atom stereocenters. The Bertz CT molecular complexity index is 3990. The van der Waals surface area contributed by atoms with Crippen molar-refractivity contribution in [1.29, 1.82) is 0 Å². The van der Waals surface area contributed by atoms with Gasteiger partial charge < -0.3 is 9.80 Å². The van der Waals surface area contributed by atoms with Gasteiger partial charge in [-0.05, 0) is 183 Å². The Morgan fingerprint density at radius 3 is 0.885 bits per heavy atom. The van der Waals surface area contributed by atoms with E-state index >= 15 is 0 Å². The normalized spacial score (nSPS) is 11.6. The minimum Gasteiger partial charge on any atom is -0.310 e. The quantitative estimate of drug-likeness (QED) is 0.113. The molecule has 13 aromatic rings. The lowest BCUT2D eigenvalue weighted by molar-refractivity contribution is 0.866. The van der Waals surface area contributed by atoms with E-state index in [2.05, 4.69) is 317 Å². The monoisotopic (exact) mass is 1000 g/mol. The van der Waals surface area contributed by atoms with Gasteiger partial charge in [0, 0.05) is 34.1 Å². The van der Waals surface area contributed by atoms with Crippen molar-refractivity contribution in [2.75, 3.05) is 9.80 Å². The molecular formula is C76H60N2. The van der Waals surface area contributed by atoms with Crippen LogP contribution in [0, 0.1) is 0 Å². The van der Waals surface area contributed by atoms with Crippen LogP contribution < -0.4 is 9.80 Å². The lowest BCUT2D eigenvalue weighted by Crippen LogP contribution is -2.11. The molecule has 0 heterocycles. The van der Waals surface area contributed by atoms with Crippen LogP contribution in [0.4, 0.5) is 34.1 Å². The highest BCUT2D eigenvalue weighted by Gasteiger charge is 2.23. The summed E-state index contributed by atoms with van der Waals surface area (Å²) in [6, 6.07) is 104. The minimum atomic E-state index is 0.420. The summed E-state index contributed by atoms with van der Waals surface area (Å²) < 4.78 is 0. The number of hydrogen-bond donors (Lipinski definition) is 0. The molecule has 78 heavy (non-hydrogen) atoms. The smallest absolute Gasteiger partial charge is 0.0468 e. The van der Waals surface area contributed by atoms with E-state index in [-0.39, 0.29) is 0 Å². The van der Waals surface area contributed by atoms with Crippen molar-refractivity contribution in [1.82, 2.24) is 0 Å². The van der Waals surface area contributed by atoms with Crippen LogP contribution in [0.1, 0.15) is 50.7 Å². The standard InChI is InChI=1S/C76H60N2/c1-51(2)53-31-37-65(38-32-53)77(67-41-35-57-19-11-13-21-63(57)47-67)69-43-45-71-73(49-69)75(61-27-23-59(24-28-61)55-15-7-5-8-16-55)72-46-44-70(50-74(72)76(71)62-29-25-60(26-30-62)56-17-9-6-10-18-56)78(66-39-33-54(34-40-66)52(3)4)68-42-36-58-20-12-14-22-64(58)48-68/h5-52H,1-4H3. The van der Waals surface area contributed by atoms with Crippen LogP contribution in [0.5, 0.6) is 0 Å². The summed E-state index contributed by atoms with van der Waals surface area (Å²) in [5.41, 5.74) is 18.7. The second-order valence-electron chi connectivity index (χ2n) is 21.3. The van der Waals surface area contributed by atoms with Crippen molar-refractivity contribution in [3.05, 3.63) is 290 Å². The first-order valence-electron chi connectivity index (χ1n) is 27.4. The summed E-state index contributed by atoms with van der Waals surface area (Å²) in [6.45, 7) is 9.05. The molecule has 0 aromatic heterocycles. The topological polar surface area (TPSA) is 6.48 Å². The summed E-state index contributed by atoms with van der Waals surface area (Å²) in [7, 11) is 0. The van der Waals surface area contributed by atoms with Crippen LogP contribution in [0.15, 0.2) is 279 Å². The van der Waals surface area contributed by atoms with Gasteiger partial charge in [0.05, 0.1) is 0 Å². The van der Waals surface area contributed by atoms with E-state index in [0.29, 0.717) is 11.8 Å². The van der Waals surface area contributed by atoms with E-state index in [1.54, 1.807) is 0 Å². The second-order valence-corrected chi connectivity index (χ2v) is 21.3. The molecule has 0 saturated heterocycles. The van der Waals surface area contributed by atoms with Crippen molar-refractivity contribution in [2.24, 2.45) is 0 Å². The highest BCUT2D eigenvalue weighted by molar-refractivity contribution is 6.23. The van der Waals surface area contributed by atoms with E-state index in [9.17, 15) is 0 Å². The van der Waals surface area contributed by atoms with Crippen LogP contribution >= 0.6 is 0 Å². The first kappa shape index (κ1) is 48.2. The fourth-order valence-electron chi connectivity index (χ4n) is 11.6. The Kier molecular flexibility index (Phi) is 12.7. The second kappa shape index (κ2) is 20.6. The van der Waals surface area contributed by atoms with E-state index in [1.807, 2.05) is 0 Å². The van der Waals surface area contributed by atoms with Gasteiger partial charge >= 0.3 is 0 Å². The van der Waals surface area contributed by atoms with Crippen LogP contribution in [0.3, 0.4) is 0 Å². The van der Waals surface area contributed by atoms with Crippen molar-refractivity contribution in [3.8, 4) is 44.5 Å². The number of hydrogen-bond acceptors (Lipinski definition) is 2. The summed E-state index contributed by atoms with van der Waals surface area (Å²) in [5, 5.41) is 9.58. The molecular weight excluding hydrogens is 941 g/mol. The summed E-state index contributed by atoms with van der Waals surface area (Å²) in [4.78, 5) is 4.87. The molecule has 0 radical (unpaired) electrons. The molecule has 374 valence electrons. The van der Waals surface area contributed by atoms with E-state index in [1.165, 1.54) is 87.6 Å². The van der Waals surface area contributed by atoms with Gasteiger partial charge in [-0.1, -0.05) is 234 Å². The molecule has 0 spiro atoms. The number of rotatable bonds is 12. The molecule has 0 saturated carbocycles. The molecule has 0 aliphatic rings. The van der Waals surface area contributed by atoms with Gasteiger partial charge in [0.15, 0.2) is 0 Å². The van der Waals surface area contributed by atoms with Crippen LogP contribution in [0.25, 0.3) is 87.6 Å². The van der Waals surface area contributed by atoms with Gasteiger partial charge in [0.1, 0.15) is 0 Å². The number of nitrogens with zero attached hydrogens (tertiary/aromatic N) is 2. The zero-order valence-electron chi connectivity index (χ0n) is 44.6. The van der Waals surface area contributed by atoms with E-state index < -0.39 is 0 Å². The van der Waals surface area contributed by atoms with E-state index in [0.717, 1.165) is 45.3 Å². The molecule has 0 aliphatic carbocycles. The maximum atomic E-state index is 2.45. The Morgan fingerprint density at radius 1 is 0.218 bits per heavy atom. The molecule has 0 atom stereocenters. The van der Waals surface area contributed by atoms with Crippen molar-refractivity contribution >= 4 is 77.2 Å². The number of fused-ring (bicyclic) bond motifs is 4. The van der Waals surface area contributed by atoms with Gasteiger partial charge in [-0.25, -0.2) is 0 Å². The Labute approximate surface area is 458 Å². The number of benzene rings is 13. The molecule has 0 fully saturated rings. The minimum absolute atomic E-state index is 0.420. The van der Waals surface area contributed by atoms with Gasteiger partial charge in [-0.15, -0.1) is 0 Å². The zero-order valence-corrected chi connectivity index (χ0v) is 44.6. The molecule has 0 N–H and O–H groups in total. The molecule has 2 nitrogen and oxygen atoms in total. The summed E-state index contributed by atoms with van der Waals surface area (Å²) in [5.74, 6) is 0.840. The summed E-state index contributed by atoms with van der Waals surface area (Å²) in [6.07, 6.45) is 0.